The average molecular weight is 382 g/mol. The van der Waals surface area contributed by atoms with Gasteiger partial charge in [-0.25, -0.2) is 9.37 Å². The second kappa shape index (κ2) is 6.70. The fraction of sp³-hybridized carbons (Fsp3) is 0.450. The van der Waals surface area contributed by atoms with Crippen molar-refractivity contribution in [2.24, 2.45) is 0 Å². The predicted octanol–water partition coefficient (Wildman–Crippen LogP) is 2.45. The zero-order valence-electron chi connectivity index (χ0n) is 15.8. The Bertz CT molecular complexity index is 1030. The lowest BCUT2D eigenvalue weighted by Crippen LogP contribution is -2.38. The molecule has 1 aromatic carbocycles. The summed E-state index contributed by atoms with van der Waals surface area (Å²) in [4.78, 5) is 4.64. The van der Waals surface area contributed by atoms with Crippen LogP contribution >= 0.6 is 0 Å². The molecule has 1 fully saturated rings. The largest absolute Gasteiger partial charge is 0.493 e. The molecule has 0 unspecified atom stereocenters. The number of hydrogen-bond acceptors (Lipinski definition) is 6. The highest BCUT2D eigenvalue weighted by Crippen LogP contribution is 2.35. The molecule has 0 amide bonds. The van der Waals surface area contributed by atoms with Crippen molar-refractivity contribution in [1.82, 2.24) is 24.9 Å². The highest BCUT2D eigenvalue weighted by atomic mass is 19.1. The van der Waals surface area contributed by atoms with Crippen LogP contribution in [0.15, 0.2) is 24.7 Å². The smallest absolute Gasteiger partial charge is 0.210 e. The Morgan fingerprint density at radius 3 is 3.04 bits per heavy atom. The fourth-order valence-corrected chi connectivity index (χ4v) is 4.30. The summed E-state index contributed by atoms with van der Waals surface area (Å²) in [6.45, 7) is 5.16. The third-order valence-electron chi connectivity index (χ3n) is 6.05. The van der Waals surface area contributed by atoms with Crippen molar-refractivity contribution in [3.63, 3.8) is 0 Å². The number of aromatic nitrogens is 4. The molecular formula is C20H23FN6O. The number of hydrogen-bond donors (Lipinski definition) is 2. The van der Waals surface area contributed by atoms with E-state index >= 15 is 0 Å². The van der Waals surface area contributed by atoms with E-state index in [0.29, 0.717) is 24.7 Å². The van der Waals surface area contributed by atoms with Crippen LogP contribution in [0.5, 0.6) is 5.75 Å². The number of ether oxygens (including phenoxy) is 1. The molecule has 5 rings (SSSR count). The van der Waals surface area contributed by atoms with Gasteiger partial charge in [-0.15, -0.1) is 10.2 Å². The van der Waals surface area contributed by atoms with Gasteiger partial charge in [0, 0.05) is 41.3 Å². The van der Waals surface area contributed by atoms with E-state index in [1.807, 2.05) is 10.6 Å². The molecule has 2 aliphatic rings. The number of nitrogens with zero attached hydrogens (tertiary/aromatic N) is 4. The summed E-state index contributed by atoms with van der Waals surface area (Å²) >= 11 is 0. The second-order valence-electron chi connectivity index (χ2n) is 7.79. The van der Waals surface area contributed by atoms with Gasteiger partial charge in [-0.1, -0.05) is 6.92 Å². The molecule has 0 spiro atoms. The molecule has 2 aromatic heterocycles. The van der Waals surface area contributed by atoms with Crippen LogP contribution in [0.4, 0.5) is 10.3 Å². The van der Waals surface area contributed by atoms with E-state index in [2.05, 4.69) is 32.7 Å². The van der Waals surface area contributed by atoms with Gasteiger partial charge in [-0.3, -0.25) is 4.40 Å². The quantitative estimate of drug-likeness (QED) is 0.722. The van der Waals surface area contributed by atoms with Gasteiger partial charge in [-0.05, 0) is 38.1 Å². The number of anilines is 1. The van der Waals surface area contributed by atoms with Crippen molar-refractivity contribution in [2.75, 3.05) is 25.0 Å². The Balaban J connectivity index is 1.46. The molecule has 1 saturated heterocycles. The molecule has 8 heteroatoms. The predicted molar refractivity (Wildman–Crippen MR) is 103 cm³/mol. The molecule has 0 saturated carbocycles. The Hall–Kier alpha value is -2.74. The molecule has 4 heterocycles. The number of fused-ring (bicyclic) bond motifs is 2. The molecule has 0 atom stereocenters. The summed E-state index contributed by atoms with van der Waals surface area (Å²) in [5.74, 6) is 1.16. The number of nitrogens with one attached hydrogen (secondary N) is 2. The van der Waals surface area contributed by atoms with Gasteiger partial charge in [0.1, 0.15) is 17.9 Å². The minimum Gasteiger partial charge on any atom is -0.493 e. The molecule has 2 aliphatic heterocycles. The van der Waals surface area contributed by atoms with Gasteiger partial charge in [0.15, 0.2) is 5.65 Å². The second-order valence-corrected chi connectivity index (χ2v) is 7.79. The van der Waals surface area contributed by atoms with Crippen LogP contribution in [0.3, 0.4) is 0 Å². The van der Waals surface area contributed by atoms with Crippen molar-refractivity contribution in [1.29, 1.82) is 0 Å². The molecule has 2 N–H and O–H groups in total. The van der Waals surface area contributed by atoms with E-state index in [-0.39, 0.29) is 11.2 Å². The Labute approximate surface area is 162 Å². The zero-order chi connectivity index (χ0) is 19.1. The normalized spacial score (nSPS) is 18.1. The molecule has 146 valence electrons. The monoisotopic (exact) mass is 382 g/mol. The molecule has 3 aromatic rings. The molecule has 0 aliphatic carbocycles. The van der Waals surface area contributed by atoms with Crippen LogP contribution < -0.4 is 15.4 Å². The van der Waals surface area contributed by atoms with Crippen molar-refractivity contribution in [3.05, 3.63) is 47.2 Å². The van der Waals surface area contributed by atoms with Gasteiger partial charge in [0.05, 0.1) is 6.61 Å². The molecule has 0 bridgehead atoms. The highest BCUT2D eigenvalue weighted by Gasteiger charge is 2.32. The van der Waals surface area contributed by atoms with E-state index in [4.69, 9.17) is 4.74 Å². The molecule has 0 radical (unpaired) electrons. The van der Waals surface area contributed by atoms with E-state index in [1.54, 1.807) is 12.4 Å². The van der Waals surface area contributed by atoms with Crippen LogP contribution in [0.2, 0.25) is 0 Å². The first-order chi connectivity index (χ1) is 13.7. The minimum atomic E-state index is -0.226. The van der Waals surface area contributed by atoms with Gasteiger partial charge >= 0.3 is 0 Å². The zero-order valence-corrected chi connectivity index (χ0v) is 15.8. The van der Waals surface area contributed by atoms with Gasteiger partial charge in [-0.2, -0.15) is 0 Å². The summed E-state index contributed by atoms with van der Waals surface area (Å²) in [7, 11) is 0. The molecule has 7 nitrogen and oxygen atoms in total. The topological polar surface area (TPSA) is 76.4 Å². The summed E-state index contributed by atoms with van der Waals surface area (Å²) in [6, 6.07) is 3.16. The summed E-state index contributed by atoms with van der Waals surface area (Å²) in [5.41, 5.74) is 3.51. The number of halogens is 1. The molecular weight excluding hydrogens is 359 g/mol. The highest BCUT2D eigenvalue weighted by molar-refractivity contribution is 5.55. The van der Waals surface area contributed by atoms with Crippen molar-refractivity contribution in [2.45, 2.75) is 38.1 Å². The third kappa shape index (κ3) is 2.79. The van der Waals surface area contributed by atoms with Crippen molar-refractivity contribution >= 4 is 11.6 Å². The summed E-state index contributed by atoms with van der Waals surface area (Å²) < 4.78 is 21.8. The Morgan fingerprint density at radius 1 is 1.32 bits per heavy atom. The summed E-state index contributed by atoms with van der Waals surface area (Å²) in [5, 5.41) is 15.1. The van der Waals surface area contributed by atoms with Gasteiger partial charge in [0.2, 0.25) is 5.95 Å². The van der Waals surface area contributed by atoms with Crippen LogP contribution in [0.1, 0.15) is 36.5 Å². The first-order valence-electron chi connectivity index (χ1n) is 9.73. The maximum Gasteiger partial charge on any atom is 0.210 e. The van der Waals surface area contributed by atoms with Crippen LogP contribution in [-0.2, 0) is 18.4 Å². The fourth-order valence-electron chi connectivity index (χ4n) is 4.30. The molecule has 28 heavy (non-hydrogen) atoms. The van der Waals surface area contributed by atoms with Crippen LogP contribution in [0, 0.1) is 5.82 Å². The van der Waals surface area contributed by atoms with Gasteiger partial charge in [0.25, 0.3) is 0 Å². The van der Waals surface area contributed by atoms with E-state index < -0.39 is 0 Å². The lowest BCUT2D eigenvalue weighted by atomic mass is 9.76. The third-order valence-corrected chi connectivity index (χ3v) is 6.05. The Kier molecular flexibility index (Phi) is 4.16. The Morgan fingerprint density at radius 2 is 2.18 bits per heavy atom. The van der Waals surface area contributed by atoms with Crippen LogP contribution in [-0.4, -0.2) is 39.3 Å². The van der Waals surface area contributed by atoms with Crippen LogP contribution in [0.25, 0.3) is 5.65 Å². The summed E-state index contributed by atoms with van der Waals surface area (Å²) in [6.07, 6.45) is 6.35. The van der Waals surface area contributed by atoms with Crippen molar-refractivity contribution < 1.29 is 9.13 Å². The first kappa shape index (κ1) is 17.4. The van der Waals surface area contributed by atoms with Gasteiger partial charge < -0.3 is 15.4 Å². The minimum absolute atomic E-state index is 0.0226. The van der Waals surface area contributed by atoms with E-state index in [9.17, 15) is 4.39 Å². The standard InChI is InChI=1S/C20H23FN6O/c1-20(5-7-22-8-6-20)15-11-24-19(27-12-25-26-18(15)27)23-10-14-13-4-9-28-17(13)3-2-16(14)21/h2-3,11-12,22H,4-10H2,1H3,(H,23,24). The average Bonchev–Trinajstić information content (AvgIpc) is 3.37. The number of rotatable bonds is 4. The van der Waals surface area contributed by atoms with E-state index in [1.165, 1.54) is 6.07 Å². The van der Waals surface area contributed by atoms with Crippen molar-refractivity contribution in [3.8, 4) is 5.75 Å². The maximum atomic E-state index is 14.4. The number of benzene rings is 1. The maximum absolute atomic E-state index is 14.4. The SMILES string of the molecule is CC1(c2cnc(NCc3c(F)ccc4c3CCO4)n3cnnc23)CCNCC1. The van der Waals surface area contributed by atoms with E-state index in [0.717, 1.165) is 54.9 Å². The first-order valence-corrected chi connectivity index (χ1v) is 9.73. The lowest BCUT2D eigenvalue weighted by Gasteiger charge is -2.34. The number of piperidine rings is 1. The lowest BCUT2D eigenvalue weighted by molar-refractivity contribution is 0.335.